The molecule has 0 unspecified atom stereocenters. The average molecular weight is 421 g/mol. The number of benzene rings is 2. The van der Waals surface area contributed by atoms with E-state index in [0.717, 1.165) is 18.5 Å². The number of nitrogens with zero attached hydrogens (tertiary/aromatic N) is 3. The lowest BCUT2D eigenvalue weighted by Crippen LogP contribution is -2.35. The van der Waals surface area contributed by atoms with Crippen molar-refractivity contribution in [3.05, 3.63) is 82.6 Å². The number of urea groups is 1. The van der Waals surface area contributed by atoms with Crippen molar-refractivity contribution >= 4 is 34.9 Å². The van der Waals surface area contributed by atoms with Crippen molar-refractivity contribution in [2.24, 2.45) is 0 Å². The Labute approximate surface area is 172 Å². The largest absolute Gasteiger partial charge is 0.337 e. The molecule has 1 aromatic heterocycles. The molecule has 2 aromatic carbocycles. The lowest BCUT2D eigenvalue weighted by atomic mass is 10.2. The highest BCUT2D eigenvalue weighted by molar-refractivity contribution is 6.42. The summed E-state index contributed by atoms with van der Waals surface area (Å²) in [6, 6.07) is 10.8. The first-order chi connectivity index (χ1) is 13.5. The van der Waals surface area contributed by atoms with Crippen LogP contribution in [0.15, 0.2) is 61.2 Å². The Hall–Kier alpha value is -2.57. The summed E-state index contributed by atoms with van der Waals surface area (Å²) < 4.78 is 15.1. The van der Waals surface area contributed by atoms with Crippen LogP contribution in [0.2, 0.25) is 10.0 Å². The van der Waals surface area contributed by atoms with Gasteiger partial charge in [0.1, 0.15) is 5.82 Å². The molecule has 0 bridgehead atoms. The molecular weight excluding hydrogens is 402 g/mol. The number of imidazole rings is 1. The van der Waals surface area contributed by atoms with Gasteiger partial charge in [-0.1, -0.05) is 35.3 Å². The van der Waals surface area contributed by atoms with Gasteiger partial charge in [-0.25, -0.2) is 14.2 Å². The Bertz CT molecular complexity index is 916. The highest BCUT2D eigenvalue weighted by Crippen LogP contribution is 2.25. The number of amides is 2. The maximum absolute atomic E-state index is 13.2. The van der Waals surface area contributed by atoms with Gasteiger partial charge >= 0.3 is 6.03 Å². The summed E-state index contributed by atoms with van der Waals surface area (Å²) in [6.07, 6.45) is 6.07. The molecule has 0 saturated carbocycles. The number of aromatic nitrogens is 2. The van der Waals surface area contributed by atoms with Crippen molar-refractivity contribution in [1.29, 1.82) is 0 Å². The first-order valence-corrected chi connectivity index (χ1v) is 9.48. The summed E-state index contributed by atoms with van der Waals surface area (Å²) in [5.74, 6) is -0.310. The zero-order valence-corrected chi connectivity index (χ0v) is 16.5. The van der Waals surface area contributed by atoms with E-state index in [1.54, 1.807) is 47.8 Å². The Morgan fingerprint density at radius 1 is 1.14 bits per heavy atom. The van der Waals surface area contributed by atoms with Crippen LogP contribution in [-0.4, -0.2) is 27.0 Å². The molecule has 3 aromatic rings. The van der Waals surface area contributed by atoms with Crippen LogP contribution in [0.1, 0.15) is 12.0 Å². The quantitative estimate of drug-likeness (QED) is 0.551. The van der Waals surface area contributed by atoms with E-state index in [0.29, 0.717) is 28.8 Å². The summed E-state index contributed by atoms with van der Waals surface area (Å²) in [5.41, 5.74) is 1.39. The van der Waals surface area contributed by atoms with Gasteiger partial charge in [0.2, 0.25) is 0 Å². The highest BCUT2D eigenvalue weighted by Gasteiger charge is 2.15. The first-order valence-electron chi connectivity index (χ1n) is 8.72. The summed E-state index contributed by atoms with van der Waals surface area (Å²) in [7, 11) is 0. The van der Waals surface area contributed by atoms with Gasteiger partial charge in [0.05, 0.1) is 16.4 Å². The van der Waals surface area contributed by atoms with E-state index in [4.69, 9.17) is 23.2 Å². The van der Waals surface area contributed by atoms with E-state index in [1.165, 1.54) is 12.1 Å². The molecule has 0 atom stereocenters. The van der Waals surface area contributed by atoms with Crippen molar-refractivity contribution in [2.45, 2.75) is 19.5 Å². The molecule has 0 fully saturated rings. The highest BCUT2D eigenvalue weighted by atomic mass is 35.5. The van der Waals surface area contributed by atoms with E-state index in [2.05, 4.69) is 10.3 Å². The van der Waals surface area contributed by atoms with Crippen molar-refractivity contribution in [3.8, 4) is 0 Å². The minimum atomic E-state index is -0.310. The number of nitrogens with one attached hydrogen (secondary N) is 1. The van der Waals surface area contributed by atoms with Gasteiger partial charge in [0, 0.05) is 37.7 Å². The second-order valence-corrected chi connectivity index (χ2v) is 7.08. The summed E-state index contributed by atoms with van der Waals surface area (Å²) in [4.78, 5) is 18.5. The Balaban J connectivity index is 1.68. The van der Waals surface area contributed by atoms with E-state index in [9.17, 15) is 9.18 Å². The number of halogens is 3. The summed E-state index contributed by atoms with van der Waals surface area (Å²) in [6.45, 7) is 1.61. The molecule has 0 radical (unpaired) electrons. The normalized spacial score (nSPS) is 10.7. The molecule has 0 aliphatic rings. The monoisotopic (exact) mass is 420 g/mol. The first kappa shape index (κ1) is 20.2. The van der Waals surface area contributed by atoms with Gasteiger partial charge in [0.25, 0.3) is 0 Å². The van der Waals surface area contributed by atoms with Gasteiger partial charge in [-0.2, -0.15) is 0 Å². The molecule has 5 nitrogen and oxygen atoms in total. The lowest BCUT2D eigenvalue weighted by molar-refractivity contribution is 0.207. The van der Waals surface area contributed by atoms with Gasteiger partial charge in [-0.3, -0.25) is 0 Å². The predicted molar refractivity (Wildman–Crippen MR) is 109 cm³/mol. The van der Waals surface area contributed by atoms with Gasteiger partial charge in [-0.15, -0.1) is 0 Å². The summed E-state index contributed by atoms with van der Waals surface area (Å²) in [5, 5.41) is 3.62. The van der Waals surface area contributed by atoms with E-state index in [1.807, 2.05) is 10.8 Å². The van der Waals surface area contributed by atoms with Crippen LogP contribution in [-0.2, 0) is 13.1 Å². The second-order valence-electron chi connectivity index (χ2n) is 6.26. The number of hydrogen-bond acceptors (Lipinski definition) is 2. The zero-order valence-electron chi connectivity index (χ0n) is 15.0. The van der Waals surface area contributed by atoms with Gasteiger partial charge in [0.15, 0.2) is 0 Å². The van der Waals surface area contributed by atoms with Gasteiger partial charge in [-0.05, 0) is 42.3 Å². The molecule has 28 heavy (non-hydrogen) atoms. The van der Waals surface area contributed by atoms with Crippen molar-refractivity contribution < 1.29 is 9.18 Å². The third kappa shape index (κ3) is 5.71. The van der Waals surface area contributed by atoms with Crippen LogP contribution in [0.3, 0.4) is 0 Å². The number of rotatable bonds is 7. The Morgan fingerprint density at radius 2 is 1.93 bits per heavy atom. The third-order valence-corrected chi connectivity index (χ3v) is 4.89. The van der Waals surface area contributed by atoms with E-state index in [-0.39, 0.29) is 11.8 Å². The fraction of sp³-hybridized carbons (Fsp3) is 0.200. The number of carbonyl (C=O) groups excluding carboxylic acids is 1. The topological polar surface area (TPSA) is 50.2 Å². The molecular formula is C20H19Cl2FN4O. The van der Waals surface area contributed by atoms with Crippen LogP contribution in [0.5, 0.6) is 0 Å². The lowest BCUT2D eigenvalue weighted by Gasteiger charge is -2.23. The molecule has 3 rings (SSSR count). The Kier molecular flexibility index (Phi) is 6.90. The maximum atomic E-state index is 13.2. The molecule has 0 aliphatic carbocycles. The average Bonchev–Trinajstić information content (AvgIpc) is 3.19. The maximum Gasteiger partial charge on any atom is 0.322 e. The zero-order chi connectivity index (χ0) is 19.9. The fourth-order valence-corrected chi connectivity index (χ4v) is 3.00. The van der Waals surface area contributed by atoms with E-state index < -0.39 is 0 Å². The molecule has 146 valence electrons. The molecule has 0 aliphatic heterocycles. The van der Waals surface area contributed by atoms with Crippen LogP contribution in [0.4, 0.5) is 14.9 Å². The predicted octanol–water partition coefficient (Wildman–Crippen LogP) is 5.45. The van der Waals surface area contributed by atoms with Crippen LogP contribution in [0, 0.1) is 5.82 Å². The van der Waals surface area contributed by atoms with Crippen LogP contribution in [0.25, 0.3) is 0 Å². The van der Waals surface area contributed by atoms with Gasteiger partial charge < -0.3 is 14.8 Å². The molecule has 8 heteroatoms. The molecule has 2 amide bonds. The number of aryl methyl sites for hydroxylation is 1. The Morgan fingerprint density at radius 3 is 2.61 bits per heavy atom. The smallest absolute Gasteiger partial charge is 0.322 e. The van der Waals surface area contributed by atoms with Crippen molar-refractivity contribution in [1.82, 2.24) is 14.5 Å². The third-order valence-electron chi connectivity index (χ3n) is 4.15. The molecule has 0 saturated heterocycles. The van der Waals surface area contributed by atoms with Crippen molar-refractivity contribution in [3.63, 3.8) is 0 Å². The number of anilines is 1. The molecule has 1 heterocycles. The van der Waals surface area contributed by atoms with Crippen LogP contribution >= 0.6 is 23.2 Å². The SMILES string of the molecule is O=C(Nc1ccc(Cl)c(Cl)c1)N(CCCn1ccnc1)Cc1ccc(F)cc1. The molecule has 0 spiro atoms. The minimum Gasteiger partial charge on any atom is -0.337 e. The minimum absolute atomic E-state index is 0.270. The number of carbonyl (C=O) groups is 1. The summed E-state index contributed by atoms with van der Waals surface area (Å²) >= 11 is 11.9. The standard InChI is InChI=1S/C20H19Cl2FN4O/c21-18-7-6-17(12-19(18)22)25-20(28)27(10-1-9-26-11-8-24-14-26)13-15-2-4-16(23)5-3-15/h2-8,11-12,14H,1,9-10,13H2,(H,25,28). The van der Waals surface area contributed by atoms with E-state index >= 15 is 0 Å². The molecule has 1 N–H and O–H groups in total. The van der Waals surface area contributed by atoms with Crippen LogP contribution < -0.4 is 5.32 Å². The fourth-order valence-electron chi connectivity index (χ4n) is 2.70. The van der Waals surface area contributed by atoms with Crippen molar-refractivity contribution in [2.75, 3.05) is 11.9 Å². The second kappa shape index (κ2) is 9.57. The number of hydrogen-bond donors (Lipinski definition) is 1.